The minimum atomic E-state index is -1.10. The van der Waals surface area contributed by atoms with Gasteiger partial charge in [0.25, 0.3) is 0 Å². The number of amides is 2. The fourth-order valence-corrected chi connectivity index (χ4v) is 11.1. The van der Waals surface area contributed by atoms with Gasteiger partial charge >= 0.3 is 30.1 Å². The molecule has 16 nitrogen and oxygen atoms in total. The Hall–Kier alpha value is -5.55. The summed E-state index contributed by atoms with van der Waals surface area (Å²) in [6.07, 6.45) is 50.3. The summed E-state index contributed by atoms with van der Waals surface area (Å²) in [5.74, 6) is -1.10. The summed E-state index contributed by atoms with van der Waals surface area (Å²) >= 11 is 0. The number of hydrogen-bond acceptors (Lipinski definition) is 13. The molecule has 0 aliphatic carbocycles. The average Bonchev–Trinajstić information content (AvgIpc) is 1.18. The van der Waals surface area contributed by atoms with Gasteiger partial charge in [-0.1, -0.05) is 210 Å². The Kier molecular flexibility index (Phi) is 50.7. The molecule has 2 aromatic carbocycles. The summed E-state index contributed by atoms with van der Waals surface area (Å²) in [6.45, 7) is 8.59. The van der Waals surface area contributed by atoms with E-state index >= 15 is 0 Å². The van der Waals surface area contributed by atoms with Crippen molar-refractivity contribution in [2.45, 2.75) is 315 Å². The van der Waals surface area contributed by atoms with Gasteiger partial charge in [-0.15, -0.1) is 0 Å². The van der Waals surface area contributed by atoms with Crippen molar-refractivity contribution >= 4 is 41.5 Å². The predicted molar refractivity (Wildman–Crippen MR) is 378 cm³/mol. The van der Waals surface area contributed by atoms with Gasteiger partial charge in [-0.2, -0.15) is 0 Å². The second-order valence-electron chi connectivity index (χ2n) is 25.7. The smallest absolute Gasteiger partial charge is 0.411 e. The third-order valence-electron chi connectivity index (χ3n) is 16.9. The second kappa shape index (κ2) is 57.7. The molecule has 2 aromatic rings. The van der Waals surface area contributed by atoms with Crippen LogP contribution in [0, 0.1) is 0 Å². The van der Waals surface area contributed by atoms with Crippen molar-refractivity contribution in [3.8, 4) is 0 Å². The van der Waals surface area contributed by atoms with Crippen molar-refractivity contribution in [2.24, 2.45) is 0 Å². The van der Waals surface area contributed by atoms with Crippen molar-refractivity contribution in [3.63, 3.8) is 0 Å². The van der Waals surface area contributed by atoms with Crippen LogP contribution < -0.4 is 10.6 Å². The first-order valence-corrected chi connectivity index (χ1v) is 37.1. The maximum atomic E-state index is 13.2. The van der Waals surface area contributed by atoms with E-state index in [2.05, 4.69) is 67.9 Å². The summed E-state index contributed by atoms with van der Waals surface area (Å²) < 4.78 is 40.5. The van der Waals surface area contributed by atoms with E-state index in [1.807, 2.05) is 36.4 Å². The molecule has 0 bridgehead atoms. The van der Waals surface area contributed by atoms with Crippen molar-refractivity contribution in [1.29, 1.82) is 0 Å². The number of anilines is 2. The van der Waals surface area contributed by atoms with E-state index in [1.54, 1.807) is 12.1 Å². The number of aliphatic hydroxyl groups excluding tert-OH is 1. The highest BCUT2D eigenvalue weighted by atomic mass is 16.6. The lowest BCUT2D eigenvalue weighted by Crippen LogP contribution is -2.30. The van der Waals surface area contributed by atoms with Crippen molar-refractivity contribution in [2.75, 3.05) is 50.3 Å². The van der Waals surface area contributed by atoms with Gasteiger partial charge in [0.1, 0.15) is 25.4 Å². The number of esters is 3. The van der Waals surface area contributed by atoms with Gasteiger partial charge in [-0.3, -0.25) is 25.0 Å². The van der Waals surface area contributed by atoms with Gasteiger partial charge in [0.2, 0.25) is 0 Å². The number of ether oxygens (including phenoxy) is 7. The minimum absolute atomic E-state index is 0.155. The Balaban J connectivity index is 1.37. The number of hydrogen-bond donors (Lipinski definition) is 4. The van der Waals surface area contributed by atoms with Crippen LogP contribution >= 0.6 is 0 Å². The molecule has 1 fully saturated rings. The zero-order chi connectivity index (χ0) is 67.6. The fraction of sp³-hybridized carbons (Fsp3) is 0.705. The monoisotopic (exact) mass is 1310 g/mol. The molecule has 532 valence electrons. The molecule has 5 atom stereocenters. The van der Waals surface area contributed by atoms with E-state index < -0.39 is 24.3 Å². The molecule has 2 amide bonds. The Labute approximate surface area is 567 Å². The van der Waals surface area contributed by atoms with E-state index in [-0.39, 0.29) is 75.4 Å². The number of rotatable bonds is 62. The quantitative estimate of drug-likeness (QED) is 0.0159. The molecule has 0 aromatic heterocycles. The maximum Gasteiger partial charge on any atom is 0.411 e. The maximum absolute atomic E-state index is 13.2. The van der Waals surface area contributed by atoms with Gasteiger partial charge < -0.3 is 43.4 Å². The summed E-state index contributed by atoms with van der Waals surface area (Å²) in [5, 5.41) is 23.3. The van der Waals surface area contributed by atoms with E-state index in [9.17, 15) is 24.0 Å². The number of benzene rings is 2. The normalized spacial score (nSPS) is 14.3. The standard InChI is InChI=1S/C78H126N2O14/c1-4-7-10-31-41-69(88-59-40-58-81)42-34-25-19-13-16-22-28-37-47-74(82)91-63-73(64-92-75(83)48-38-29-23-17-14-20-26-35-44-70(43-32-11-8-5-2)89-61-72-62-90-72)93-76(84)49-39-30-24-18-15-21-27-36-46-71(45-33-12-9-6-3)94-78(87)80-68-56-52-66(53-57-68)60-65-50-54-67(55-51-65)79-77(85)86/h25-27,34-36,50-57,69-73,79,81H,4-24,28-33,37-49,58-64H2,1-3H3,(H,80,87)(H,85,86)/b34-25+,35-26+,36-27-. The third-order valence-corrected chi connectivity index (χ3v) is 16.9. The fourth-order valence-electron chi connectivity index (χ4n) is 11.1. The van der Waals surface area contributed by atoms with E-state index in [1.165, 1.54) is 51.4 Å². The van der Waals surface area contributed by atoms with E-state index in [4.69, 9.17) is 43.4 Å². The van der Waals surface area contributed by atoms with Crippen molar-refractivity contribution < 1.29 is 67.3 Å². The van der Waals surface area contributed by atoms with Crippen LogP contribution in [0.5, 0.6) is 0 Å². The summed E-state index contributed by atoms with van der Waals surface area (Å²) in [5.41, 5.74) is 3.25. The number of nitrogens with one attached hydrogen (secondary N) is 2. The molecule has 0 spiro atoms. The number of epoxide rings is 1. The molecule has 3 rings (SSSR count). The highest BCUT2D eigenvalue weighted by molar-refractivity contribution is 5.85. The van der Waals surface area contributed by atoms with Gasteiger partial charge in [0.15, 0.2) is 6.10 Å². The van der Waals surface area contributed by atoms with Crippen LogP contribution in [0.15, 0.2) is 85.0 Å². The molecule has 1 saturated heterocycles. The van der Waals surface area contributed by atoms with E-state index in [0.29, 0.717) is 56.7 Å². The average molecular weight is 1320 g/mol. The zero-order valence-corrected chi connectivity index (χ0v) is 58.5. The van der Waals surface area contributed by atoms with Crippen LogP contribution in [0.25, 0.3) is 0 Å². The molecule has 1 aliphatic heterocycles. The summed E-state index contributed by atoms with van der Waals surface area (Å²) in [7, 11) is 0. The van der Waals surface area contributed by atoms with Gasteiger partial charge in [-0.25, -0.2) is 9.59 Å². The highest BCUT2D eigenvalue weighted by Gasteiger charge is 2.24. The first kappa shape index (κ1) is 82.7. The van der Waals surface area contributed by atoms with Crippen LogP contribution in [0.1, 0.15) is 289 Å². The minimum Gasteiger partial charge on any atom is -0.465 e. The lowest BCUT2D eigenvalue weighted by Gasteiger charge is -2.18. The lowest BCUT2D eigenvalue weighted by atomic mass is 10.0. The molecule has 16 heteroatoms. The molecule has 5 unspecified atom stereocenters. The summed E-state index contributed by atoms with van der Waals surface area (Å²) in [4.78, 5) is 62.9. The number of carbonyl (C=O) groups is 5. The van der Waals surface area contributed by atoms with Crippen molar-refractivity contribution in [3.05, 3.63) is 96.1 Å². The van der Waals surface area contributed by atoms with Crippen LogP contribution in [-0.4, -0.2) is 110 Å². The van der Waals surface area contributed by atoms with Gasteiger partial charge in [-0.05, 0) is 145 Å². The molecule has 0 saturated carbocycles. The first-order chi connectivity index (χ1) is 46.0. The Bertz CT molecular complexity index is 2300. The van der Waals surface area contributed by atoms with Crippen LogP contribution in [0.3, 0.4) is 0 Å². The SMILES string of the molecule is CCCCCCC(C/C=C/CCCCCCCC(=O)OCC(COC(=O)CCCCCCC/C=C/CC(CCCCCC)OCC1CO1)OC(=O)CCCCCCC/C=C\CC(CCCCCC)OC(=O)Nc1ccc(Cc2ccc(NC(=O)O)cc2)cc1)OCCCO. The molecule has 94 heavy (non-hydrogen) atoms. The Morgan fingerprint density at radius 3 is 1.32 bits per heavy atom. The lowest BCUT2D eigenvalue weighted by molar-refractivity contribution is -0.167. The summed E-state index contributed by atoms with van der Waals surface area (Å²) in [6, 6.07) is 14.9. The predicted octanol–water partition coefficient (Wildman–Crippen LogP) is 19.8. The Morgan fingerprint density at radius 1 is 0.468 bits per heavy atom. The topological polar surface area (TPSA) is 218 Å². The highest BCUT2D eigenvalue weighted by Crippen LogP contribution is 2.22. The van der Waals surface area contributed by atoms with Crippen LogP contribution in [0.4, 0.5) is 21.0 Å². The molecular formula is C78H126N2O14. The van der Waals surface area contributed by atoms with Crippen LogP contribution in [-0.2, 0) is 54.0 Å². The zero-order valence-electron chi connectivity index (χ0n) is 58.5. The van der Waals surface area contributed by atoms with Gasteiger partial charge in [0.05, 0.1) is 25.4 Å². The largest absolute Gasteiger partial charge is 0.465 e. The Morgan fingerprint density at radius 2 is 0.872 bits per heavy atom. The van der Waals surface area contributed by atoms with Crippen LogP contribution in [0.2, 0.25) is 0 Å². The molecule has 1 heterocycles. The van der Waals surface area contributed by atoms with Crippen molar-refractivity contribution in [1.82, 2.24) is 0 Å². The number of unbranched alkanes of at least 4 members (excludes halogenated alkanes) is 24. The number of allylic oxidation sites excluding steroid dienone is 3. The van der Waals surface area contributed by atoms with E-state index in [0.717, 1.165) is 178 Å². The number of carboxylic acid groups (broad SMARTS) is 1. The molecule has 0 radical (unpaired) electrons. The molecule has 1 aliphatic rings. The molecular weight excluding hydrogens is 1190 g/mol. The molecule has 4 N–H and O–H groups in total. The second-order valence-corrected chi connectivity index (χ2v) is 25.7. The number of aliphatic hydroxyl groups is 1. The first-order valence-electron chi connectivity index (χ1n) is 37.1. The third kappa shape index (κ3) is 48.2. The van der Waals surface area contributed by atoms with Gasteiger partial charge in [0, 0.05) is 50.3 Å². The number of carbonyl (C=O) groups excluding carboxylic acids is 4.